The van der Waals surface area contributed by atoms with Gasteiger partial charge in [-0.15, -0.1) is 11.3 Å². The van der Waals surface area contributed by atoms with E-state index in [0.717, 1.165) is 15.2 Å². The Kier molecular flexibility index (Phi) is 3.17. The molecular formula is C11H13N3OS. The topological polar surface area (TPSA) is 68.0 Å². The highest BCUT2D eigenvalue weighted by atomic mass is 32.1. The third kappa shape index (κ3) is 2.20. The Labute approximate surface area is 97.5 Å². The molecule has 1 aromatic carbocycles. The van der Waals surface area contributed by atoms with Crippen molar-refractivity contribution in [3.63, 3.8) is 0 Å². The maximum absolute atomic E-state index is 11.7. The summed E-state index contributed by atoms with van der Waals surface area (Å²) < 4.78 is 1.04. The lowest BCUT2D eigenvalue weighted by atomic mass is 10.2. The number of benzene rings is 1. The van der Waals surface area contributed by atoms with Crippen molar-refractivity contribution in [3.05, 3.63) is 28.8 Å². The molecule has 2 aromatic rings. The van der Waals surface area contributed by atoms with Crippen molar-refractivity contribution < 1.29 is 4.79 Å². The number of hydrogen-bond donors (Lipinski definition) is 2. The first-order valence-corrected chi connectivity index (χ1v) is 5.88. The molecule has 0 fully saturated rings. The molecule has 0 aliphatic rings. The van der Waals surface area contributed by atoms with Crippen LogP contribution in [0.1, 0.15) is 15.4 Å². The summed E-state index contributed by atoms with van der Waals surface area (Å²) in [4.78, 5) is 16.0. The van der Waals surface area contributed by atoms with Gasteiger partial charge in [-0.2, -0.15) is 0 Å². The number of thiazole rings is 1. The fourth-order valence-corrected chi connectivity index (χ4v) is 2.34. The molecule has 1 heterocycles. The molecule has 3 N–H and O–H groups in total. The van der Waals surface area contributed by atoms with E-state index >= 15 is 0 Å². The second kappa shape index (κ2) is 4.59. The van der Waals surface area contributed by atoms with Crippen molar-refractivity contribution >= 4 is 27.5 Å². The van der Waals surface area contributed by atoms with Gasteiger partial charge in [0.15, 0.2) is 0 Å². The number of carbonyl (C=O) groups excluding carboxylic acids is 1. The third-order valence-corrected chi connectivity index (χ3v) is 3.12. The van der Waals surface area contributed by atoms with E-state index < -0.39 is 0 Å². The Morgan fingerprint density at radius 2 is 2.38 bits per heavy atom. The predicted octanol–water partition coefficient (Wildman–Crippen LogP) is 1.29. The molecule has 1 amide bonds. The minimum atomic E-state index is -0.0848. The van der Waals surface area contributed by atoms with E-state index in [2.05, 4.69) is 10.3 Å². The molecule has 0 unspecified atom stereocenters. The molecule has 84 valence electrons. The number of aryl methyl sites for hydroxylation is 1. The van der Waals surface area contributed by atoms with Crippen molar-refractivity contribution in [1.82, 2.24) is 10.3 Å². The second-order valence-corrected chi connectivity index (χ2v) is 4.69. The van der Waals surface area contributed by atoms with E-state index in [4.69, 9.17) is 5.73 Å². The standard InChI is InChI=1S/C11H13N3OS/c1-7-14-9-3-2-8(6-10(9)16-7)11(15)13-5-4-12/h2-3,6H,4-5,12H2,1H3,(H,13,15). The van der Waals surface area contributed by atoms with E-state index in [1.165, 1.54) is 0 Å². The first-order chi connectivity index (χ1) is 7.70. The summed E-state index contributed by atoms with van der Waals surface area (Å²) in [7, 11) is 0. The summed E-state index contributed by atoms with van der Waals surface area (Å²) in [6, 6.07) is 5.52. The van der Waals surface area contributed by atoms with Gasteiger partial charge in [0.2, 0.25) is 0 Å². The zero-order valence-electron chi connectivity index (χ0n) is 8.99. The Morgan fingerprint density at radius 3 is 3.12 bits per heavy atom. The van der Waals surface area contributed by atoms with Gasteiger partial charge in [0.25, 0.3) is 5.91 Å². The van der Waals surface area contributed by atoms with Crippen LogP contribution >= 0.6 is 11.3 Å². The normalized spacial score (nSPS) is 10.6. The molecule has 0 bridgehead atoms. The van der Waals surface area contributed by atoms with Crippen LogP contribution in [0.15, 0.2) is 18.2 Å². The maximum atomic E-state index is 11.7. The van der Waals surface area contributed by atoms with Gasteiger partial charge in [-0.3, -0.25) is 4.79 Å². The zero-order chi connectivity index (χ0) is 11.5. The van der Waals surface area contributed by atoms with Crippen LogP contribution in [0.4, 0.5) is 0 Å². The highest BCUT2D eigenvalue weighted by molar-refractivity contribution is 7.18. The van der Waals surface area contributed by atoms with Gasteiger partial charge < -0.3 is 11.1 Å². The Morgan fingerprint density at radius 1 is 1.56 bits per heavy atom. The lowest BCUT2D eigenvalue weighted by Gasteiger charge is -2.02. The van der Waals surface area contributed by atoms with Crippen molar-refractivity contribution in [3.8, 4) is 0 Å². The molecule has 0 saturated carbocycles. The molecule has 0 aliphatic heterocycles. The second-order valence-electron chi connectivity index (χ2n) is 3.46. The smallest absolute Gasteiger partial charge is 0.251 e. The summed E-state index contributed by atoms with van der Waals surface area (Å²) >= 11 is 1.59. The highest BCUT2D eigenvalue weighted by Gasteiger charge is 2.07. The molecule has 16 heavy (non-hydrogen) atoms. The van der Waals surface area contributed by atoms with Crippen molar-refractivity contribution in [1.29, 1.82) is 0 Å². The molecule has 4 nitrogen and oxygen atoms in total. The van der Waals surface area contributed by atoms with Crippen LogP contribution in [-0.2, 0) is 0 Å². The molecular weight excluding hydrogens is 222 g/mol. The van der Waals surface area contributed by atoms with Crippen LogP contribution in [0.2, 0.25) is 0 Å². The van der Waals surface area contributed by atoms with Crippen LogP contribution in [0.5, 0.6) is 0 Å². The van der Waals surface area contributed by atoms with Crippen LogP contribution in [0.3, 0.4) is 0 Å². The van der Waals surface area contributed by atoms with Crippen LogP contribution in [0, 0.1) is 6.92 Å². The monoisotopic (exact) mass is 235 g/mol. The van der Waals surface area contributed by atoms with E-state index in [0.29, 0.717) is 18.7 Å². The summed E-state index contributed by atoms with van der Waals surface area (Å²) in [6.45, 7) is 2.91. The van der Waals surface area contributed by atoms with Crippen molar-refractivity contribution in [2.24, 2.45) is 5.73 Å². The van der Waals surface area contributed by atoms with Gasteiger partial charge >= 0.3 is 0 Å². The number of nitrogens with one attached hydrogen (secondary N) is 1. The summed E-state index contributed by atoms with van der Waals surface area (Å²) in [5.41, 5.74) is 6.93. The SMILES string of the molecule is Cc1nc2ccc(C(=O)NCCN)cc2s1. The number of hydrogen-bond acceptors (Lipinski definition) is 4. The first-order valence-electron chi connectivity index (χ1n) is 5.06. The molecule has 5 heteroatoms. The minimum Gasteiger partial charge on any atom is -0.351 e. The van der Waals surface area contributed by atoms with Gasteiger partial charge in [-0.1, -0.05) is 0 Å². The van der Waals surface area contributed by atoms with Gasteiger partial charge in [0.1, 0.15) is 0 Å². The highest BCUT2D eigenvalue weighted by Crippen LogP contribution is 2.22. The number of amides is 1. The fraction of sp³-hybridized carbons (Fsp3) is 0.273. The molecule has 2 rings (SSSR count). The van der Waals surface area contributed by atoms with Crippen LogP contribution < -0.4 is 11.1 Å². The van der Waals surface area contributed by atoms with E-state index in [1.807, 2.05) is 19.1 Å². The molecule has 0 atom stereocenters. The van der Waals surface area contributed by atoms with E-state index in [1.54, 1.807) is 17.4 Å². The van der Waals surface area contributed by atoms with Crippen LogP contribution in [-0.4, -0.2) is 24.0 Å². The zero-order valence-corrected chi connectivity index (χ0v) is 9.80. The third-order valence-electron chi connectivity index (χ3n) is 2.19. The van der Waals surface area contributed by atoms with Gasteiger partial charge in [0, 0.05) is 18.7 Å². The Hall–Kier alpha value is -1.46. The number of rotatable bonds is 3. The average Bonchev–Trinajstić information content (AvgIpc) is 2.64. The van der Waals surface area contributed by atoms with E-state index in [-0.39, 0.29) is 5.91 Å². The molecule has 0 aliphatic carbocycles. The molecule has 0 spiro atoms. The largest absolute Gasteiger partial charge is 0.351 e. The maximum Gasteiger partial charge on any atom is 0.251 e. The number of nitrogens with two attached hydrogens (primary N) is 1. The number of aromatic nitrogens is 1. The van der Waals surface area contributed by atoms with Gasteiger partial charge in [0.05, 0.1) is 15.2 Å². The number of carbonyl (C=O) groups is 1. The average molecular weight is 235 g/mol. The van der Waals surface area contributed by atoms with Crippen molar-refractivity contribution in [2.75, 3.05) is 13.1 Å². The predicted molar refractivity (Wildman–Crippen MR) is 65.7 cm³/mol. The molecule has 1 aromatic heterocycles. The molecule has 0 radical (unpaired) electrons. The Bertz CT molecular complexity index is 521. The first kappa shape index (κ1) is 11.0. The van der Waals surface area contributed by atoms with E-state index in [9.17, 15) is 4.79 Å². The van der Waals surface area contributed by atoms with Crippen molar-refractivity contribution in [2.45, 2.75) is 6.92 Å². The number of nitrogens with zero attached hydrogens (tertiary/aromatic N) is 1. The Balaban J connectivity index is 2.28. The quantitative estimate of drug-likeness (QED) is 0.842. The number of fused-ring (bicyclic) bond motifs is 1. The summed E-state index contributed by atoms with van der Waals surface area (Å²) in [5, 5.41) is 3.75. The fourth-order valence-electron chi connectivity index (χ4n) is 1.47. The lowest BCUT2D eigenvalue weighted by molar-refractivity contribution is 0.0955. The minimum absolute atomic E-state index is 0.0848. The van der Waals surface area contributed by atoms with Gasteiger partial charge in [-0.25, -0.2) is 4.98 Å². The van der Waals surface area contributed by atoms with Crippen LogP contribution in [0.25, 0.3) is 10.2 Å². The lowest BCUT2D eigenvalue weighted by Crippen LogP contribution is -2.28. The summed E-state index contributed by atoms with van der Waals surface area (Å²) in [5.74, 6) is -0.0848. The summed E-state index contributed by atoms with van der Waals surface area (Å²) in [6.07, 6.45) is 0. The molecule has 0 saturated heterocycles. The van der Waals surface area contributed by atoms with Gasteiger partial charge in [-0.05, 0) is 25.1 Å².